The van der Waals surface area contributed by atoms with Crippen molar-refractivity contribution in [3.63, 3.8) is 0 Å². The van der Waals surface area contributed by atoms with Crippen LogP contribution in [0.5, 0.6) is 0 Å². The van der Waals surface area contributed by atoms with Crippen molar-refractivity contribution < 1.29 is 4.39 Å². The Morgan fingerprint density at radius 3 is 2.53 bits per heavy atom. The van der Waals surface area contributed by atoms with Crippen LogP contribution >= 0.6 is 11.6 Å². The molecule has 4 heteroatoms. The Labute approximate surface area is 115 Å². The van der Waals surface area contributed by atoms with E-state index in [1.807, 2.05) is 36.4 Å². The molecule has 94 valence electrons. The molecular weight excluding hydrogens is 263 g/mol. The van der Waals surface area contributed by atoms with E-state index in [2.05, 4.69) is 5.10 Å². The van der Waals surface area contributed by atoms with Crippen LogP contribution in [-0.4, -0.2) is 9.78 Å². The van der Waals surface area contributed by atoms with Crippen molar-refractivity contribution in [2.75, 3.05) is 0 Å². The summed E-state index contributed by atoms with van der Waals surface area (Å²) in [6.45, 7) is 0. The van der Waals surface area contributed by atoms with Crippen LogP contribution in [0.15, 0.2) is 60.8 Å². The van der Waals surface area contributed by atoms with Gasteiger partial charge in [0.15, 0.2) is 0 Å². The zero-order valence-corrected chi connectivity index (χ0v) is 10.7. The van der Waals surface area contributed by atoms with Crippen LogP contribution < -0.4 is 0 Å². The highest BCUT2D eigenvalue weighted by Gasteiger charge is 2.08. The number of hydrogen-bond donors (Lipinski definition) is 0. The number of nitrogens with zero attached hydrogens (tertiary/aromatic N) is 2. The summed E-state index contributed by atoms with van der Waals surface area (Å²) in [5, 5.41) is 4.36. The normalized spacial score (nSPS) is 10.6. The van der Waals surface area contributed by atoms with Crippen molar-refractivity contribution in [1.29, 1.82) is 0 Å². The first-order valence-corrected chi connectivity index (χ1v) is 6.18. The summed E-state index contributed by atoms with van der Waals surface area (Å²) < 4.78 is 14.9. The maximum atomic E-state index is 13.2. The van der Waals surface area contributed by atoms with E-state index >= 15 is 0 Å². The smallest absolute Gasteiger partial charge is 0.141 e. The Balaban J connectivity index is 2.12. The second-order valence-corrected chi connectivity index (χ2v) is 4.50. The predicted molar refractivity (Wildman–Crippen MR) is 74.0 cm³/mol. The number of benzene rings is 2. The lowest BCUT2D eigenvalue weighted by atomic mass is 10.1. The second kappa shape index (κ2) is 4.86. The number of halogens is 2. The quantitative estimate of drug-likeness (QED) is 0.679. The largest absolute Gasteiger partial charge is 0.233 e. The third-order valence-electron chi connectivity index (χ3n) is 2.86. The van der Waals surface area contributed by atoms with Crippen molar-refractivity contribution in [3.8, 4) is 16.9 Å². The fourth-order valence-electron chi connectivity index (χ4n) is 1.95. The van der Waals surface area contributed by atoms with E-state index in [-0.39, 0.29) is 5.02 Å². The van der Waals surface area contributed by atoms with E-state index in [9.17, 15) is 4.39 Å². The topological polar surface area (TPSA) is 17.8 Å². The first-order valence-electron chi connectivity index (χ1n) is 5.80. The summed E-state index contributed by atoms with van der Waals surface area (Å²) in [5.74, 6) is -0.432. The molecule has 0 N–H and O–H groups in total. The maximum Gasteiger partial charge on any atom is 0.141 e. The minimum atomic E-state index is -0.432. The molecule has 2 nitrogen and oxygen atoms in total. The summed E-state index contributed by atoms with van der Waals surface area (Å²) in [5.41, 5.74) is 2.71. The molecule has 1 aromatic heterocycles. The predicted octanol–water partition coefficient (Wildman–Crippen LogP) is 4.33. The Hall–Kier alpha value is -2.13. The van der Waals surface area contributed by atoms with Gasteiger partial charge in [0.1, 0.15) is 5.82 Å². The molecule has 0 saturated heterocycles. The van der Waals surface area contributed by atoms with Gasteiger partial charge in [0.25, 0.3) is 0 Å². The summed E-state index contributed by atoms with van der Waals surface area (Å²) >= 11 is 5.81. The lowest BCUT2D eigenvalue weighted by molar-refractivity contribution is 0.627. The van der Waals surface area contributed by atoms with Gasteiger partial charge in [-0.05, 0) is 24.3 Å². The van der Waals surface area contributed by atoms with Crippen molar-refractivity contribution in [2.24, 2.45) is 0 Å². The van der Waals surface area contributed by atoms with E-state index in [0.717, 1.165) is 16.9 Å². The molecule has 0 saturated carbocycles. The van der Waals surface area contributed by atoms with Crippen LogP contribution in [0.1, 0.15) is 0 Å². The van der Waals surface area contributed by atoms with Crippen molar-refractivity contribution >= 4 is 11.6 Å². The van der Waals surface area contributed by atoms with Gasteiger partial charge in [-0.1, -0.05) is 41.9 Å². The standard InChI is InChI=1S/C15H10ClFN2/c16-13-10-12(6-7-14(13)17)19-15(8-9-18-19)11-4-2-1-3-5-11/h1-10H. The summed E-state index contributed by atoms with van der Waals surface area (Å²) in [4.78, 5) is 0. The fraction of sp³-hybridized carbons (Fsp3) is 0. The lowest BCUT2D eigenvalue weighted by Crippen LogP contribution is -1.99. The van der Waals surface area contributed by atoms with Crippen molar-refractivity contribution in [1.82, 2.24) is 9.78 Å². The molecule has 0 aliphatic rings. The minimum absolute atomic E-state index is 0.0898. The molecule has 3 aromatic rings. The van der Waals surface area contributed by atoms with Gasteiger partial charge in [0.05, 0.1) is 22.6 Å². The molecule has 2 aromatic carbocycles. The van der Waals surface area contributed by atoms with Crippen LogP contribution in [0.2, 0.25) is 5.02 Å². The van der Waals surface area contributed by atoms with E-state index in [0.29, 0.717) is 0 Å². The molecule has 0 unspecified atom stereocenters. The van der Waals surface area contributed by atoms with Gasteiger partial charge in [-0.2, -0.15) is 5.10 Å². The van der Waals surface area contributed by atoms with Gasteiger partial charge in [0.2, 0.25) is 0 Å². The molecule has 0 atom stereocenters. The zero-order chi connectivity index (χ0) is 13.2. The monoisotopic (exact) mass is 272 g/mol. The van der Waals surface area contributed by atoms with E-state index in [1.54, 1.807) is 23.0 Å². The Morgan fingerprint density at radius 1 is 1.00 bits per heavy atom. The third-order valence-corrected chi connectivity index (χ3v) is 3.15. The highest BCUT2D eigenvalue weighted by molar-refractivity contribution is 6.30. The molecule has 1 heterocycles. The summed E-state index contributed by atoms with van der Waals surface area (Å²) in [6.07, 6.45) is 1.71. The molecule has 0 amide bonds. The van der Waals surface area contributed by atoms with Gasteiger partial charge in [0, 0.05) is 5.56 Å². The molecule has 0 bridgehead atoms. The van der Waals surface area contributed by atoms with Gasteiger partial charge in [-0.3, -0.25) is 0 Å². The van der Waals surface area contributed by atoms with Crippen LogP contribution in [0.25, 0.3) is 16.9 Å². The molecule has 0 aliphatic carbocycles. The first-order chi connectivity index (χ1) is 9.25. The highest BCUT2D eigenvalue weighted by Crippen LogP contribution is 2.24. The third kappa shape index (κ3) is 2.25. The highest BCUT2D eigenvalue weighted by atomic mass is 35.5. The average molecular weight is 273 g/mol. The van der Waals surface area contributed by atoms with E-state index in [4.69, 9.17) is 11.6 Å². The first kappa shape index (κ1) is 11.9. The maximum absolute atomic E-state index is 13.2. The molecule has 0 radical (unpaired) electrons. The molecule has 3 rings (SSSR count). The van der Waals surface area contributed by atoms with Crippen LogP contribution in [0.4, 0.5) is 4.39 Å². The molecule has 19 heavy (non-hydrogen) atoms. The van der Waals surface area contributed by atoms with E-state index < -0.39 is 5.82 Å². The number of hydrogen-bond acceptors (Lipinski definition) is 1. The fourth-order valence-corrected chi connectivity index (χ4v) is 2.13. The Bertz CT molecular complexity index is 707. The van der Waals surface area contributed by atoms with E-state index in [1.165, 1.54) is 6.07 Å². The number of rotatable bonds is 2. The van der Waals surface area contributed by atoms with Gasteiger partial charge < -0.3 is 0 Å². The van der Waals surface area contributed by atoms with Gasteiger partial charge in [-0.15, -0.1) is 0 Å². The molecule has 0 spiro atoms. The zero-order valence-electron chi connectivity index (χ0n) is 9.92. The van der Waals surface area contributed by atoms with Gasteiger partial charge in [-0.25, -0.2) is 9.07 Å². The number of aromatic nitrogens is 2. The van der Waals surface area contributed by atoms with Crippen molar-refractivity contribution in [3.05, 3.63) is 71.6 Å². The van der Waals surface area contributed by atoms with Crippen LogP contribution in [-0.2, 0) is 0 Å². The molecule has 0 aliphatic heterocycles. The van der Waals surface area contributed by atoms with Crippen LogP contribution in [0, 0.1) is 5.82 Å². The average Bonchev–Trinajstić information content (AvgIpc) is 2.92. The molecule has 0 fully saturated rings. The Morgan fingerprint density at radius 2 is 1.79 bits per heavy atom. The lowest BCUT2D eigenvalue weighted by Gasteiger charge is -2.08. The second-order valence-electron chi connectivity index (χ2n) is 4.09. The SMILES string of the molecule is Fc1ccc(-n2nccc2-c2ccccc2)cc1Cl. The molecular formula is C15H10ClFN2. The summed E-state index contributed by atoms with van der Waals surface area (Å²) in [6, 6.07) is 16.3. The Kier molecular flexibility index (Phi) is 3.05. The van der Waals surface area contributed by atoms with Crippen LogP contribution in [0.3, 0.4) is 0 Å². The van der Waals surface area contributed by atoms with Gasteiger partial charge >= 0.3 is 0 Å². The minimum Gasteiger partial charge on any atom is -0.233 e. The van der Waals surface area contributed by atoms with Crippen molar-refractivity contribution in [2.45, 2.75) is 0 Å². The summed E-state index contributed by atoms with van der Waals surface area (Å²) in [7, 11) is 0.